The van der Waals surface area contributed by atoms with Crippen molar-refractivity contribution < 1.29 is 18.3 Å². The molecule has 1 fully saturated rings. The van der Waals surface area contributed by atoms with E-state index < -0.39 is 9.84 Å². The van der Waals surface area contributed by atoms with Crippen LogP contribution >= 0.6 is 0 Å². The summed E-state index contributed by atoms with van der Waals surface area (Å²) in [5.74, 6) is 0.562. The van der Waals surface area contributed by atoms with Gasteiger partial charge in [0.05, 0.1) is 25.1 Å². The normalized spacial score (nSPS) is 19.2. The molecule has 0 atom stereocenters. The molecule has 0 saturated carbocycles. The molecule has 6 heteroatoms. The first-order chi connectivity index (χ1) is 8.57. The van der Waals surface area contributed by atoms with Gasteiger partial charge < -0.3 is 14.7 Å². The molecule has 0 spiro atoms. The Bertz CT molecular complexity index is 310. The standard InChI is InChI=1S/C12H25NO4S/c1-2-10-18(15,16)11-7-13-5-3-12(4-6-13)17-9-8-14/h12,14H,2-11H2,1H3. The Morgan fingerprint density at radius 1 is 1.28 bits per heavy atom. The zero-order chi connectivity index (χ0) is 13.4. The summed E-state index contributed by atoms with van der Waals surface area (Å²) in [5.41, 5.74) is 0. The average molecular weight is 279 g/mol. The molecule has 1 saturated heterocycles. The maximum Gasteiger partial charge on any atom is 0.151 e. The van der Waals surface area contributed by atoms with Crippen molar-refractivity contribution in [3.63, 3.8) is 0 Å². The van der Waals surface area contributed by atoms with Crippen molar-refractivity contribution in [2.45, 2.75) is 32.3 Å². The van der Waals surface area contributed by atoms with Gasteiger partial charge in [-0.2, -0.15) is 0 Å². The van der Waals surface area contributed by atoms with Crippen molar-refractivity contribution in [1.82, 2.24) is 4.90 Å². The van der Waals surface area contributed by atoms with Crippen LogP contribution in [0.4, 0.5) is 0 Å². The Balaban J connectivity index is 2.19. The van der Waals surface area contributed by atoms with E-state index in [2.05, 4.69) is 4.90 Å². The summed E-state index contributed by atoms with van der Waals surface area (Å²) in [6.45, 7) is 4.76. The Hall–Kier alpha value is -0.170. The minimum atomic E-state index is -2.86. The van der Waals surface area contributed by atoms with Crippen molar-refractivity contribution in [2.75, 3.05) is 44.4 Å². The molecule has 0 bridgehead atoms. The smallest absolute Gasteiger partial charge is 0.151 e. The minimum absolute atomic E-state index is 0.0650. The highest BCUT2D eigenvalue weighted by atomic mass is 32.2. The molecule has 0 aliphatic carbocycles. The van der Waals surface area contributed by atoms with Crippen LogP contribution in [0, 0.1) is 0 Å². The number of hydrogen-bond donors (Lipinski definition) is 1. The fourth-order valence-corrected chi connectivity index (χ4v) is 3.56. The fourth-order valence-electron chi connectivity index (χ4n) is 2.20. The summed E-state index contributed by atoms with van der Waals surface area (Å²) in [6, 6.07) is 0. The quantitative estimate of drug-likeness (QED) is 0.691. The van der Waals surface area contributed by atoms with E-state index in [1.165, 1.54) is 0 Å². The van der Waals surface area contributed by atoms with Gasteiger partial charge in [0.1, 0.15) is 0 Å². The molecule has 0 amide bonds. The summed E-state index contributed by atoms with van der Waals surface area (Å²) in [4.78, 5) is 2.19. The molecule has 1 aliphatic heterocycles. The van der Waals surface area contributed by atoms with Crippen LogP contribution in [0.25, 0.3) is 0 Å². The van der Waals surface area contributed by atoms with Crippen LogP contribution in [0.1, 0.15) is 26.2 Å². The Labute approximate surface area is 110 Å². The molecule has 108 valence electrons. The molecule has 1 aliphatic rings. The molecule has 0 aromatic rings. The maximum atomic E-state index is 11.6. The lowest BCUT2D eigenvalue weighted by molar-refractivity contribution is -0.00672. The van der Waals surface area contributed by atoms with Crippen LogP contribution in [0.5, 0.6) is 0 Å². The van der Waals surface area contributed by atoms with E-state index in [-0.39, 0.29) is 18.5 Å². The van der Waals surface area contributed by atoms with Gasteiger partial charge >= 0.3 is 0 Å². The Morgan fingerprint density at radius 2 is 1.94 bits per heavy atom. The van der Waals surface area contributed by atoms with E-state index in [4.69, 9.17) is 9.84 Å². The second-order valence-electron chi connectivity index (χ2n) is 4.79. The lowest BCUT2D eigenvalue weighted by atomic mass is 10.1. The van der Waals surface area contributed by atoms with Gasteiger partial charge in [-0.15, -0.1) is 0 Å². The number of likely N-dealkylation sites (tertiary alicyclic amines) is 1. The minimum Gasteiger partial charge on any atom is -0.394 e. The lowest BCUT2D eigenvalue weighted by Gasteiger charge is -2.31. The predicted octanol–water partition coefficient (Wildman–Crippen LogP) is 0.285. The zero-order valence-corrected chi connectivity index (χ0v) is 12.0. The van der Waals surface area contributed by atoms with Gasteiger partial charge in [0.2, 0.25) is 0 Å². The first-order valence-corrected chi connectivity index (χ1v) is 8.54. The van der Waals surface area contributed by atoms with Crippen molar-refractivity contribution in [3.8, 4) is 0 Å². The van der Waals surface area contributed by atoms with E-state index in [1.54, 1.807) is 0 Å². The number of sulfone groups is 1. The molecule has 0 aromatic carbocycles. The van der Waals surface area contributed by atoms with Gasteiger partial charge in [-0.25, -0.2) is 8.42 Å². The predicted molar refractivity (Wildman–Crippen MR) is 71.4 cm³/mol. The van der Waals surface area contributed by atoms with Crippen LogP contribution in [-0.4, -0.2) is 68.9 Å². The molecule has 1 rings (SSSR count). The number of aliphatic hydroxyl groups is 1. The zero-order valence-electron chi connectivity index (χ0n) is 11.2. The fraction of sp³-hybridized carbons (Fsp3) is 1.00. The number of hydrogen-bond acceptors (Lipinski definition) is 5. The molecule has 0 aromatic heterocycles. The van der Waals surface area contributed by atoms with Gasteiger partial charge in [0.15, 0.2) is 9.84 Å². The monoisotopic (exact) mass is 279 g/mol. The highest BCUT2D eigenvalue weighted by molar-refractivity contribution is 7.91. The molecular formula is C12H25NO4S. The van der Waals surface area contributed by atoms with Gasteiger partial charge in [-0.3, -0.25) is 0 Å². The largest absolute Gasteiger partial charge is 0.394 e. The third-order valence-corrected chi connectivity index (χ3v) is 5.05. The van der Waals surface area contributed by atoms with Gasteiger partial charge in [0.25, 0.3) is 0 Å². The SMILES string of the molecule is CCCS(=O)(=O)CCN1CCC(OCCO)CC1. The number of nitrogens with zero attached hydrogens (tertiary/aromatic N) is 1. The van der Waals surface area contributed by atoms with Gasteiger partial charge in [0, 0.05) is 25.4 Å². The highest BCUT2D eigenvalue weighted by Crippen LogP contribution is 2.13. The number of ether oxygens (including phenoxy) is 1. The Morgan fingerprint density at radius 3 is 2.50 bits per heavy atom. The topological polar surface area (TPSA) is 66.8 Å². The van der Waals surface area contributed by atoms with Crippen molar-refractivity contribution in [2.24, 2.45) is 0 Å². The molecule has 0 radical (unpaired) electrons. The second kappa shape index (κ2) is 8.09. The van der Waals surface area contributed by atoms with Crippen molar-refractivity contribution in [1.29, 1.82) is 0 Å². The molecule has 0 unspecified atom stereocenters. The maximum absolute atomic E-state index is 11.6. The highest BCUT2D eigenvalue weighted by Gasteiger charge is 2.20. The first-order valence-electron chi connectivity index (χ1n) is 6.72. The summed E-state index contributed by atoms with van der Waals surface area (Å²) in [7, 11) is -2.86. The Kier molecular flexibility index (Phi) is 7.14. The lowest BCUT2D eigenvalue weighted by Crippen LogP contribution is -2.39. The third-order valence-electron chi connectivity index (χ3n) is 3.21. The van der Waals surface area contributed by atoms with Crippen LogP contribution in [-0.2, 0) is 14.6 Å². The van der Waals surface area contributed by atoms with E-state index in [9.17, 15) is 8.42 Å². The van der Waals surface area contributed by atoms with Gasteiger partial charge in [-0.1, -0.05) is 6.92 Å². The third kappa shape index (κ3) is 6.13. The molecule has 5 nitrogen and oxygen atoms in total. The van der Waals surface area contributed by atoms with E-state index >= 15 is 0 Å². The van der Waals surface area contributed by atoms with Crippen LogP contribution in [0.2, 0.25) is 0 Å². The number of rotatable bonds is 8. The van der Waals surface area contributed by atoms with Crippen molar-refractivity contribution in [3.05, 3.63) is 0 Å². The van der Waals surface area contributed by atoms with Crippen LogP contribution < -0.4 is 0 Å². The molecule has 18 heavy (non-hydrogen) atoms. The molecule has 1 N–H and O–H groups in total. The van der Waals surface area contributed by atoms with Crippen molar-refractivity contribution >= 4 is 9.84 Å². The average Bonchev–Trinajstić information content (AvgIpc) is 2.35. The summed E-state index contributed by atoms with van der Waals surface area (Å²) >= 11 is 0. The summed E-state index contributed by atoms with van der Waals surface area (Å²) in [6.07, 6.45) is 2.77. The number of piperidine rings is 1. The second-order valence-corrected chi connectivity index (χ2v) is 7.09. The molecular weight excluding hydrogens is 254 g/mol. The molecule has 1 heterocycles. The van der Waals surface area contributed by atoms with Gasteiger partial charge in [-0.05, 0) is 19.3 Å². The first kappa shape index (κ1) is 15.9. The summed E-state index contributed by atoms with van der Waals surface area (Å²) in [5, 5.41) is 8.67. The van der Waals surface area contributed by atoms with Crippen LogP contribution in [0.3, 0.4) is 0 Å². The van der Waals surface area contributed by atoms with E-state index in [1.807, 2.05) is 6.92 Å². The number of aliphatic hydroxyl groups excluding tert-OH is 1. The van der Waals surface area contributed by atoms with E-state index in [0.717, 1.165) is 25.9 Å². The van der Waals surface area contributed by atoms with E-state index in [0.29, 0.717) is 25.3 Å². The summed E-state index contributed by atoms with van der Waals surface area (Å²) < 4.78 is 28.7. The van der Waals surface area contributed by atoms with Crippen LogP contribution in [0.15, 0.2) is 0 Å².